The fourth-order valence-electron chi connectivity index (χ4n) is 1.44. The Morgan fingerprint density at radius 2 is 1.50 bits per heavy atom. The highest BCUT2D eigenvalue weighted by molar-refractivity contribution is 4.85. The number of rotatable bonds is 8. The van der Waals surface area contributed by atoms with E-state index in [0.717, 1.165) is 12.8 Å². The van der Waals surface area contributed by atoms with Crippen LogP contribution in [0, 0.1) is 0 Å². The van der Waals surface area contributed by atoms with E-state index >= 15 is 0 Å². The van der Waals surface area contributed by atoms with Gasteiger partial charge in [-0.05, 0) is 13.3 Å². The van der Waals surface area contributed by atoms with Crippen LogP contribution in [0.4, 0.5) is 0 Å². The van der Waals surface area contributed by atoms with E-state index < -0.39 is 5.66 Å². The number of hydrogen-bond acceptors (Lipinski definition) is 3. The molecule has 0 amide bonds. The Hall–Kier alpha value is -0.120. The minimum Gasteiger partial charge on any atom is -0.325 e. The summed E-state index contributed by atoms with van der Waals surface area (Å²) in [6, 6.07) is -0.127. The van der Waals surface area contributed by atoms with E-state index in [1.54, 1.807) is 0 Å². The molecule has 14 heavy (non-hydrogen) atoms. The van der Waals surface area contributed by atoms with Crippen molar-refractivity contribution in [3.63, 3.8) is 0 Å². The highest BCUT2D eigenvalue weighted by atomic mass is 15.0. The van der Waals surface area contributed by atoms with Crippen LogP contribution in [0.5, 0.6) is 0 Å². The minimum atomic E-state index is -0.676. The van der Waals surface area contributed by atoms with Crippen molar-refractivity contribution in [3.05, 3.63) is 0 Å². The minimum absolute atomic E-state index is 0.127. The lowest BCUT2D eigenvalue weighted by Crippen LogP contribution is -2.61. The molecule has 0 aromatic carbocycles. The van der Waals surface area contributed by atoms with Crippen LogP contribution < -0.4 is 17.2 Å². The molecule has 0 bridgehead atoms. The molecule has 1 atom stereocenters. The first-order chi connectivity index (χ1) is 6.50. The number of nitrogens with two attached hydrogens (primary N) is 3. The highest BCUT2D eigenvalue weighted by Crippen LogP contribution is 2.12. The van der Waals surface area contributed by atoms with Gasteiger partial charge in [0.1, 0.15) is 0 Å². The molecule has 0 saturated carbocycles. The quantitative estimate of drug-likeness (QED) is 0.413. The Morgan fingerprint density at radius 3 is 2.00 bits per heavy atom. The van der Waals surface area contributed by atoms with Gasteiger partial charge in [-0.3, -0.25) is 0 Å². The van der Waals surface area contributed by atoms with Crippen molar-refractivity contribution in [2.75, 3.05) is 0 Å². The molecule has 3 heteroatoms. The van der Waals surface area contributed by atoms with Crippen LogP contribution in [0.25, 0.3) is 0 Å². The Balaban J connectivity index is 3.35. The van der Waals surface area contributed by atoms with Gasteiger partial charge in [0, 0.05) is 6.04 Å². The van der Waals surface area contributed by atoms with Crippen LogP contribution in [0.3, 0.4) is 0 Å². The van der Waals surface area contributed by atoms with Crippen LogP contribution in [-0.2, 0) is 0 Å². The molecular formula is C11H27N3. The average Bonchev–Trinajstić information content (AvgIpc) is 2.10. The maximum Gasteiger partial charge on any atom is 0.0789 e. The topological polar surface area (TPSA) is 78.1 Å². The van der Waals surface area contributed by atoms with Crippen molar-refractivity contribution in [2.24, 2.45) is 17.2 Å². The van der Waals surface area contributed by atoms with Crippen molar-refractivity contribution in [1.82, 2.24) is 0 Å². The Morgan fingerprint density at radius 1 is 1.00 bits per heavy atom. The molecular weight excluding hydrogens is 174 g/mol. The second kappa shape index (κ2) is 7.21. The summed E-state index contributed by atoms with van der Waals surface area (Å²) in [5.74, 6) is 0. The molecule has 0 aromatic rings. The van der Waals surface area contributed by atoms with Gasteiger partial charge in [-0.1, -0.05) is 45.4 Å². The Kier molecular flexibility index (Phi) is 7.15. The van der Waals surface area contributed by atoms with Gasteiger partial charge in [-0.15, -0.1) is 0 Å². The first kappa shape index (κ1) is 13.9. The van der Waals surface area contributed by atoms with Gasteiger partial charge < -0.3 is 17.2 Å². The van der Waals surface area contributed by atoms with Crippen molar-refractivity contribution < 1.29 is 0 Å². The van der Waals surface area contributed by atoms with E-state index in [1.807, 2.05) is 6.92 Å². The second-order valence-electron chi connectivity index (χ2n) is 4.42. The smallest absolute Gasteiger partial charge is 0.0789 e. The fraction of sp³-hybridized carbons (Fsp3) is 1.00. The molecule has 0 aromatic heterocycles. The number of unbranched alkanes of at least 4 members (excludes halogenated alkanes) is 5. The van der Waals surface area contributed by atoms with E-state index in [2.05, 4.69) is 6.92 Å². The van der Waals surface area contributed by atoms with Gasteiger partial charge in [0.15, 0.2) is 0 Å². The largest absolute Gasteiger partial charge is 0.325 e. The average molecular weight is 201 g/mol. The van der Waals surface area contributed by atoms with Gasteiger partial charge >= 0.3 is 0 Å². The van der Waals surface area contributed by atoms with Crippen LogP contribution >= 0.6 is 0 Å². The Labute approximate surface area is 88.4 Å². The summed E-state index contributed by atoms with van der Waals surface area (Å²) >= 11 is 0. The summed E-state index contributed by atoms with van der Waals surface area (Å²) in [6.45, 7) is 4.10. The monoisotopic (exact) mass is 201 g/mol. The molecule has 0 rings (SSSR count). The van der Waals surface area contributed by atoms with Crippen LogP contribution in [0.15, 0.2) is 0 Å². The lowest BCUT2D eigenvalue weighted by Gasteiger charge is -2.28. The molecule has 86 valence electrons. The highest BCUT2D eigenvalue weighted by Gasteiger charge is 2.22. The van der Waals surface area contributed by atoms with Crippen LogP contribution in [0.2, 0.25) is 0 Å². The maximum absolute atomic E-state index is 5.85. The third-order valence-electron chi connectivity index (χ3n) is 2.81. The van der Waals surface area contributed by atoms with Crippen LogP contribution in [0.1, 0.15) is 58.8 Å². The summed E-state index contributed by atoms with van der Waals surface area (Å²) in [4.78, 5) is 0. The predicted molar refractivity (Wildman–Crippen MR) is 62.7 cm³/mol. The third kappa shape index (κ3) is 6.35. The van der Waals surface area contributed by atoms with Crippen molar-refractivity contribution in [2.45, 2.75) is 70.5 Å². The molecule has 1 unspecified atom stereocenters. The van der Waals surface area contributed by atoms with Gasteiger partial charge in [0.25, 0.3) is 0 Å². The van der Waals surface area contributed by atoms with Crippen LogP contribution in [-0.4, -0.2) is 11.7 Å². The third-order valence-corrected chi connectivity index (χ3v) is 2.81. The van der Waals surface area contributed by atoms with E-state index in [0.29, 0.717) is 0 Å². The molecule has 0 fully saturated rings. The molecule has 0 spiro atoms. The first-order valence-corrected chi connectivity index (χ1v) is 5.84. The zero-order valence-corrected chi connectivity index (χ0v) is 9.76. The van der Waals surface area contributed by atoms with Gasteiger partial charge in [-0.25, -0.2) is 0 Å². The fourth-order valence-corrected chi connectivity index (χ4v) is 1.44. The van der Waals surface area contributed by atoms with Gasteiger partial charge in [0.05, 0.1) is 5.66 Å². The summed E-state index contributed by atoms with van der Waals surface area (Å²) in [7, 11) is 0. The van der Waals surface area contributed by atoms with Gasteiger partial charge in [-0.2, -0.15) is 0 Å². The number of hydrogen-bond donors (Lipinski definition) is 3. The molecule has 0 radical (unpaired) electrons. The zero-order chi connectivity index (χ0) is 11.0. The van der Waals surface area contributed by atoms with E-state index in [-0.39, 0.29) is 6.04 Å². The maximum atomic E-state index is 5.85. The molecule has 6 N–H and O–H groups in total. The van der Waals surface area contributed by atoms with Crippen molar-refractivity contribution >= 4 is 0 Å². The van der Waals surface area contributed by atoms with E-state index in [9.17, 15) is 0 Å². The van der Waals surface area contributed by atoms with Crippen molar-refractivity contribution in [1.29, 1.82) is 0 Å². The molecule has 0 aliphatic carbocycles. The molecule has 0 aliphatic heterocycles. The molecule has 0 heterocycles. The summed E-state index contributed by atoms with van der Waals surface area (Å²) in [5.41, 5.74) is 16.7. The Bertz CT molecular complexity index is 132. The molecule has 0 aliphatic rings. The predicted octanol–water partition coefficient (Wildman–Crippen LogP) is 1.70. The summed E-state index contributed by atoms with van der Waals surface area (Å²) in [5, 5.41) is 0. The normalized spacial score (nSPS) is 14.4. The van der Waals surface area contributed by atoms with E-state index in [4.69, 9.17) is 17.2 Å². The SMILES string of the molecule is CCCCCCCCC(N)(N)C(C)N. The van der Waals surface area contributed by atoms with Gasteiger partial charge in [0.2, 0.25) is 0 Å². The summed E-state index contributed by atoms with van der Waals surface area (Å²) < 4.78 is 0. The van der Waals surface area contributed by atoms with E-state index in [1.165, 1.54) is 32.1 Å². The molecule has 3 nitrogen and oxygen atoms in total. The second-order valence-corrected chi connectivity index (χ2v) is 4.42. The molecule has 0 saturated heterocycles. The zero-order valence-electron chi connectivity index (χ0n) is 9.76. The van der Waals surface area contributed by atoms with Crippen molar-refractivity contribution in [3.8, 4) is 0 Å². The standard InChI is InChI=1S/C11H27N3/c1-3-4-5-6-7-8-9-11(13,14)10(2)12/h10H,3-9,12-14H2,1-2H3. The summed E-state index contributed by atoms with van der Waals surface area (Å²) in [6.07, 6.45) is 8.40. The lowest BCUT2D eigenvalue weighted by molar-refractivity contribution is 0.332. The lowest BCUT2D eigenvalue weighted by atomic mass is 9.96. The first-order valence-electron chi connectivity index (χ1n) is 5.84.